The minimum Gasteiger partial charge on any atom is -0.506 e. The normalized spacial score (nSPS) is 15.5. The summed E-state index contributed by atoms with van der Waals surface area (Å²) in [6.07, 6.45) is 3.68. The van der Waals surface area contributed by atoms with Gasteiger partial charge in [-0.15, -0.1) is 0 Å². The van der Waals surface area contributed by atoms with Gasteiger partial charge >= 0.3 is 0 Å². The number of pyridine rings is 1. The summed E-state index contributed by atoms with van der Waals surface area (Å²) in [5.41, 5.74) is 2.67. The monoisotopic (exact) mass is 337 g/mol. The number of benzene rings is 2. The molecule has 5 heteroatoms. The van der Waals surface area contributed by atoms with Crippen molar-refractivity contribution in [1.29, 1.82) is 0 Å². The Bertz CT molecular complexity index is 874. The Morgan fingerprint density at radius 1 is 1.08 bits per heavy atom. The number of anilines is 2. The minimum atomic E-state index is -0.222. The van der Waals surface area contributed by atoms with Gasteiger partial charge in [0.05, 0.1) is 11.2 Å². The standard InChI is InChI=1S/C20H20FN3O/c21-15-3-5-16(6-4-15)23-17-7-10-24(11-8-17)19-13-18-14(12-20(19)25)2-1-9-22-18/h1-6,9,12-13,17,23,25H,7-8,10-11H2. The fourth-order valence-corrected chi connectivity index (χ4v) is 3.40. The summed E-state index contributed by atoms with van der Waals surface area (Å²) >= 11 is 0. The number of hydrogen-bond acceptors (Lipinski definition) is 4. The molecule has 1 aromatic heterocycles. The Kier molecular flexibility index (Phi) is 4.14. The Labute approximate surface area is 145 Å². The van der Waals surface area contributed by atoms with E-state index in [1.807, 2.05) is 18.2 Å². The molecular formula is C20H20FN3O. The largest absolute Gasteiger partial charge is 0.506 e. The van der Waals surface area contributed by atoms with Crippen LogP contribution in [0.2, 0.25) is 0 Å². The van der Waals surface area contributed by atoms with E-state index in [0.717, 1.165) is 48.2 Å². The molecule has 0 saturated carbocycles. The zero-order valence-electron chi connectivity index (χ0n) is 13.8. The highest BCUT2D eigenvalue weighted by Crippen LogP contribution is 2.33. The van der Waals surface area contributed by atoms with Crippen LogP contribution in [0.25, 0.3) is 10.9 Å². The molecule has 2 heterocycles. The van der Waals surface area contributed by atoms with Crippen LogP contribution < -0.4 is 10.2 Å². The molecule has 3 aromatic rings. The van der Waals surface area contributed by atoms with Gasteiger partial charge in [-0.25, -0.2) is 4.39 Å². The number of phenolic OH excluding ortho intramolecular Hbond substituents is 1. The Hall–Kier alpha value is -2.82. The lowest BCUT2D eigenvalue weighted by Crippen LogP contribution is -2.39. The molecule has 25 heavy (non-hydrogen) atoms. The smallest absolute Gasteiger partial charge is 0.139 e. The van der Waals surface area contributed by atoms with Crippen LogP contribution in [0.1, 0.15) is 12.8 Å². The molecule has 0 spiro atoms. The van der Waals surface area contributed by atoms with Crippen LogP contribution in [0.4, 0.5) is 15.8 Å². The summed E-state index contributed by atoms with van der Waals surface area (Å²) in [5, 5.41) is 14.8. The fraction of sp³-hybridized carbons (Fsp3) is 0.250. The van der Waals surface area contributed by atoms with E-state index < -0.39 is 0 Å². The highest BCUT2D eigenvalue weighted by Gasteiger charge is 2.21. The summed E-state index contributed by atoms with van der Waals surface area (Å²) in [6.45, 7) is 1.70. The molecule has 2 aromatic carbocycles. The van der Waals surface area contributed by atoms with Crippen LogP contribution in [-0.2, 0) is 0 Å². The van der Waals surface area contributed by atoms with Gasteiger partial charge in [-0.1, -0.05) is 6.07 Å². The third kappa shape index (κ3) is 3.36. The molecule has 1 fully saturated rings. The van der Waals surface area contributed by atoms with Crippen molar-refractivity contribution in [2.75, 3.05) is 23.3 Å². The van der Waals surface area contributed by atoms with Crippen molar-refractivity contribution in [2.45, 2.75) is 18.9 Å². The maximum absolute atomic E-state index is 13.0. The van der Waals surface area contributed by atoms with Crippen molar-refractivity contribution in [3.8, 4) is 5.75 Å². The molecule has 2 N–H and O–H groups in total. The quantitative estimate of drug-likeness (QED) is 0.753. The number of halogens is 1. The maximum atomic E-state index is 13.0. The summed E-state index contributed by atoms with van der Waals surface area (Å²) in [7, 11) is 0. The van der Waals surface area contributed by atoms with Crippen LogP contribution in [0.5, 0.6) is 5.75 Å². The lowest BCUT2D eigenvalue weighted by atomic mass is 10.0. The summed E-state index contributed by atoms with van der Waals surface area (Å²) in [6, 6.07) is 14.4. The number of piperidine rings is 1. The zero-order valence-corrected chi connectivity index (χ0v) is 13.8. The second-order valence-electron chi connectivity index (χ2n) is 6.45. The average Bonchev–Trinajstić information content (AvgIpc) is 2.64. The topological polar surface area (TPSA) is 48.4 Å². The van der Waals surface area contributed by atoms with Gasteiger partial charge in [-0.3, -0.25) is 4.98 Å². The van der Waals surface area contributed by atoms with Gasteiger partial charge in [-0.05, 0) is 55.3 Å². The minimum absolute atomic E-state index is 0.222. The van der Waals surface area contributed by atoms with Crippen molar-refractivity contribution in [3.63, 3.8) is 0 Å². The van der Waals surface area contributed by atoms with Crippen molar-refractivity contribution in [3.05, 3.63) is 60.5 Å². The molecule has 1 aliphatic rings. The highest BCUT2D eigenvalue weighted by atomic mass is 19.1. The number of aromatic hydroxyl groups is 1. The third-order valence-corrected chi connectivity index (χ3v) is 4.75. The van der Waals surface area contributed by atoms with Gasteiger partial charge in [0.2, 0.25) is 0 Å². The van der Waals surface area contributed by atoms with Gasteiger partial charge in [0.25, 0.3) is 0 Å². The second kappa shape index (κ2) is 6.59. The average molecular weight is 337 g/mol. The Morgan fingerprint density at radius 3 is 2.60 bits per heavy atom. The number of fused-ring (bicyclic) bond motifs is 1. The summed E-state index contributed by atoms with van der Waals surface area (Å²) in [4.78, 5) is 6.58. The van der Waals surface area contributed by atoms with Crippen LogP contribution in [0.3, 0.4) is 0 Å². The molecule has 1 saturated heterocycles. The van der Waals surface area contributed by atoms with Gasteiger partial charge < -0.3 is 15.3 Å². The summed E-state index contributed by atoms with van der Waals surface area (Å²) < 4.78 is 13.0. The Balaban J connectivity index is 1.45. The lowest BCUT2D eigenvalue weighted by Gasteiger charge is -2.34. The van der Waals surface area contributed by atoms with Crippen LogP contribution in [-0.4, -0.2) is 29.2 Å². The first-order chi connectivity index (χ1) is 12.2. The summed E-state index contributed by atoms with van der Waals surface area (Å²) in [5.74, 6) is 0.0752. The van der Waals surface area contributed by atoms with E-state index >= 15 is 0 Å². The molecule has 4 nitrogen and oxygen atoms in total. The van der Waals surface area contributed by atoms with Crippen molar-refractivity contribution >= 4 is 22.3 Å². The molecule has 0 radical (unpaired) electrons. The van der Waals surface area contributed by atoms with E-state index in [-0.39, 0.29) is 5.82 Å². The molecule has 0 bridgehead atoms. The Morgan fingerprint density at radius 2 is 1.84 bits per heavy atom. The van der Waals surface area contributed by atoms with E-state index in [0.29, 0.717) is 11.8 Å². The van der Waals surface area contributed by atoms with Crippen molar-refractivity contribution in [1.82, 2.24) is 4.98 Å². The van der Waals surface area contributed by atoms with E-state index in [4.69, 9.17) is 0 Å². The molecular weight excluding hydrogens is 317 g/mol. The first-order valence-corrected chi connectivity index (χ1v) is 8.54. The second-order valence-corrected chi connectivity index (χ2v) is 6.45. The van der Waals surface area contributed by atoms with Crippen molar-refractivity contribution in [2.24, 2.45) is 0 Å². The molecule has 0 aliphatic carbocycles. The van der Waals surface area contributed by atoms with Gasteiger partial charge in [0, 0.05) is 36.4 Å². The lowest BCUT2D eigenvalue weighted by molar-refractivity contribution is 0.466. The molecule has 128 valence electrons. The number of rotatable bonds is 3. The maximum Gasteiger partial charge on any atom is 0.139 e. The number of aromatic nitrogens is 1. The molecule has 1 aliphatic heterocycles. The molecule has 0 unspecified atom stereocenters. The van der Waals surface area contributed by atoms with Crippen LogP contribution in [0.15, 0.2) is 54.7 Å². The van der Waals surface area contributed by atoms with E-state index in [1.165, 1.54) is 12.1 Å². The van der Waals surface area contributed by atoms with Crippen molar-refractivity contribution < 1.29 is 9.50 Å². The van der Waals surface area contributed by atoms with Gasteiger partial charge in [0.1, 0.15) is 11.6 Å². The predicted molar refractivity (Wildman–Crippen MR) is 98.7 cm³/mol. The third-order valence-electron chi connectivity index (χ3n) is 4.75. The van der Waals surface area contributed by atoms with Gasteiger partial charge in [0.15, 0.2) is 0 Å². The van der Waals surface area contributed by atoms with Crippen LogP contribution >= 0.6 is 0 Å². The predicted octanol–water partition coefficient (Wildman–Crippen LogP) is 4.16. The SMILES string of the molecule is Oc1cc2cccnc2cc1N1CCC(Nc2ccc(F)cc2)CC1. The molecule has 4 rings (SSSR count). The molecule has 0 atom stereocenters. The number of nitrogens with zero attached hydrogens (tertiary/aromatic N) is 2. The highest BCUT2D eigenvalue weighted by molar-refractivity contribution is 5.85. The first-order valence-electron chi connectivity index (χ1n) is 8.54. The first kappa shape index (κ1) is 15.7. The van der Waals surface area contributed by atoms with E-state index in [2.05, 4.69) is 15.2 Å². The van der Waals surface area contributed by atoms with Crippen LogP contribution in [0, 0.1) is 5.82 Å². The van der Waals surface area contributed by atoms with Gasteiger partial charge in [-0.2, -0.15) is 0 Å². The fourth-order valence-electron chi connectivity index (χ4n) is 3.40. The van der Waals surface area contributed by atoms with E-state index in [1.54, 1.807) is 24.4 Å². The number of phenols is 1. The molecule has 0 amide bonds. The zero-order chi connectivity index (χ0) is 17.2. The number of nitrogens with one attached hydrogen (secondary N) is 1. The van der Waals surface area contributed by atoms with E-state index in [9.17, 15) is 9.50 Å². The number of hydrogen-bond donors (Lipinski definition) is 2.